The highest BCUT2D eigenvalue weighted by Crippen LogP contribution is 2.37. The molecule has 7 nitrogen and oxygen atoms in total. The zero-order chi connectivity index (χ0) is 23.3. The third kappa shape index (κ3) is 3.45. The quantitative estimate of drug-likeness (QED) is 0.641. The van der Waals surface area contributed by atoms with Crippen LogP contribution in [0.1, 0.15) is 44.4 Å². The maximum absolute atomic E-state index is 13.9. The number of nitrogens with one attached hydrogen (secondary N) is 1. The van der Waals surface area contributed by atoms with Crippen LogP contribution in [0.2, 0.25) is 0 Å². The molecule has 2 aliphatic heterocycles. The fraction of sp³-hybridized carbons (Fsp3) is 0.208. The number of pyridine rings is 1. The van der Waals surface area contributed by atoms with Crippen LogP contribution >= 0.6 is 0 Å². The van der Waals surface area contributed by atoms with Crippen molar-refractivity contribution in [3.05, 3.63) is 92.9 Å². The number of fused-ring (bicyclic) bond motifs is 6. The molecule has 0 saturated heterocycles. The lowest BCUT2D eigenvalue weighted by atomic mass is 10.0. The summed E-state index contributed by atoms with van der Waals surface area (Å²) in [6, 6.07) is 10.2. The van der Waals surface area contributed by atoms with Crippen molar-refractivity contribution < 1.29 is 23.5 Å². The van der Waals surface area contributed by atoms with Gasteiger partial charge >= 0.3 is 0 Å². The summed E-state index contributed by atoms with van der Waals surface area (Å²) in [5, 5.41) is 13.1. The van der Waals surface area contributed by atoms with Crippen LogP contribution in [0.5, 0.6) is 5.75 Å². The molecule has 168 valence electrons. The Balaban J connectivity index is 1.49. The van der Waals surface area contributed by atoms with Crippen molar-refractivity contribution >= 4 is 17.5 Å². The number of hydrogen-bond acceptors (Lipinski definition) is 4. The lowest BCUT2D eigenvalue weighted by Crippen LogP contribution is -2.44. The lowest BCUT2D eigenvalue weighted by Gasteiger charge is -2.35. The number of aryl methyl sites for hydroxylation is 1. The van der Waals surface area contributed by atoms with Gasteiger partial charge in [0.05, 0.1) is 6.04 Å². The first-order chi connectivity index (χ1) is 15.8. The number of aromatic nitrogens is 1. The molecule has 2 N–H and O–H groups in total. The molecule has 2 amide bonds. The van der Waals surface area contributed by atoms with Gasteiger partial charge in [-0.05, 0) is 30.5 Å². The molecule has 2 aliphatic rings. The molecule has 0 spiro atoms. The highest BCUT2D eigenvalue weighted by atomic mass is 19.1. The number of anilines is 1. The minimum absolute atomic E-state index is 0.0411. The molecule has 1 aromatic heterocycles. The Hall–Kier alpha value is -4.01. The van der Waals surface area contributed by atoms with Crippen molar-refractivity contribution in [1.82, 2.24) is 9.88 Å². The number of halogens is 2. The van der Waals surface area contributed by atoms with E-state index in [2.05, 4.69) is 5.32 Å². The van der Waals surface area contributed by atoms with Crippen LogP contribution in [-0.2, 0) is 13.0 Å². The molecule has 0 fully saturated rings. The second-order valence-electron chi connectivity index (χ2n) is 8.13. The first-order valence-electron chi connectivity index (χ1n) is 10.4. The van der Waals surface area contributed by atoms with Crippen molar-refractivity contribution in [3.8, 4) is 5.75 Å². The minimum atomic E-state index is -0.986. The van der Waals surface area contributed by atoms with Gasteiger partial charge in [0.2, 0.25) is 5.43 Å². The summed E-state index contributed by atoms with van der Waals surface area (Å²) in [5.41, 5.74) is 0.268. The van der Waals surface area contributed by atoms with Crippen LogP contribution in [0, 0.1) is 11.6 Å². The van der Waals surface area contributed by atoms with E-state index in [4.69, 9.17) is 0 Å². The van der Waals surface area contributed by atoms with E-state index in [1.807, 2.05) is 24.3 Å². The second-order valence-corrected chi connectivity index (χ2v) is 8.13. The lowest BCUT2D eigenvalue weighted by molar-refractivity contribution is 0.0929. The van der Waals surface area contributed by atoms with Gasteiger partial charge in [-0.2, -0.15) is 0 Å². The fourth-order valence-corrected chi connectivity index (χ4v) is 4.47. The van der Waals surface area contributed by atoms with Crippen molar-refractivity contribution in [2.45, 2.75) is 25.4 Å². The number of para-hydroxylation sites is 1. The second kappa shape index (κ2) is 7.84. The van der Waals surface area contributed by atoms with Crippen LogP contribution in [-0.4, -0.2) is 28.0 Å². The van der Waals surface area contributed by atoms with Gasteiger partial charge in [0.1, 0.15) is 17.2 Å². The maximum Gasteiger partial charge on any atom is 0.279 e. The van der Waals surface area contributed by atoms with Gasteiger partial charge in [-0.1, -0.05) is 24.3 Å². The molecule has 5 rings (SSSR count). The highest BCUT2D eigenvalue weighted by Gasteiger charge is 2.38. The number of hydrogen-bond donors (Lipinski definition) is 2. The SMILES string of the molecule is O=C(NCc1ccc(F)cc1F)c1cn2c(c(O)c1=O)C(=O)N1CC2CCc2ccccc21. The third-order valence-electron chi connectivity index (χ3n) is 6.17. The molecule has 0 aliphatic carbocycles. The van der Waals surface area contributed by atoms with Gasteiger partial charge in [-0.25, -0.2) is 8.78 Å². The Labute approximate surface area is 186 Å². The Morgan fingerprint density at radius 3 is 2.73 bits per heavy atom. The van der Waals surface area contributed by atoms with E-state index in [0.717, 1.165) is 17.3 Å². The van der Waals surface area contributed by atoms with Gasteiger partial charge in [-0.15, -0.1) is 0 Å². The number of carbonyl (C=O) groups is 2. The summed E-state index contributed by atoms with van der Waals surface area (Å²) in [7, 11) is 0. The molecule has 1 atom stereocenters. The summed E-state index contributed by atoms with van der Waals surface area (Å²) in [4.78, 5) is 40.3. The Bertz CT molecular complexity index is 1370. The van der Waals surface area contributed by atoms with Crippen molar-refractivity contribution in [2.24, 2.45) is 0 Å². The van der Waals surface area contributed by atoms with E-state index < -0.39 is 34.6 Å². The summed E-state index contributed by atoms with van der Waals surface area (Å²) < 4.78 is 28.5. The molecular formula is C24H19F2N3O4. The molecule has 9 heteroatoms. The van der Waals surface area contributed by atoms with Crippen LogP contribution < -0.4 is 15.6 Å². The summed E-state index contributed by atoms with van der Waals surface area (Å²) in [6.45, 7) is 0.0609. The van der Waals surface area contributed by atoms with Gasteiger partial charge in [0.15, 0.2) is 11.4 Å². The van der Waals surface area contributed by atoms with Crippen LogP contribution in [0.15, 0.2) is 53.5 Å². The minimum Gasteiger partial charge on any atom is -0.503 e. The van der Waals surface area contributed by atoms with E-state index >= 15 is 0 Å². The van der Waals surface area contributed by atoms with Crippen LogP contribution in [0.4, 0.5) is 14.5 Å². The Kier molecular flexibility index (Phi) is 4.96. The monoisotopic (exact) mass is 451 g/mol. The van der Waals surface area contributed by atoms with Crippen molar-refractivity contribution in [3.63, 3.8) is 0 Å². The number of rotatable bonds is 3. The topological polar surface area (TPSA) is 91.6 Å². The number of amides is 2. The maximum atomic E-state index is 13.9. The van der Waals surface area contributed by atoms with E-state index in [9.17, 15) is 28.3 Å². The molecule has 1 unspecified atom stereocenters. The Morgan fingerprint density at radius 2 is 1.94 bits per heavy atom. The van der Waals surface area contributed by atoms with E-state index in [1.165, 1.54) is 16.8 Å². The molecule has 3 aromatic rings. The Morgan fingerprint density at radius 1 is 1.15 bits per heavy atom. The summed E-state index contributed by atoms with van der Waals surface area (Å²) in [5.74, 6) is -3.72. The fourth-order valence-electron chi connectivity index (χ4n) is 4.47. The molecule has 2 bridgehead atoms. The van der Waals surface area contributed by atoms with Gasteiger partial charge in [0.25, 0.3) is 11.8 Å². The standard InChI is InChI=1S/C24H19F2N3O4/c25-15-7-5-14(18(26)9-15)10-27-23(32)17-12-28-16-8-6-13-3-1-2-4-19(13)29(11-16)24(33)20(28)22(31)21(17)30/h1-5,7,9,12,16,31H,6,8,10-11H2,(H,27,32). The zero-order valence-corrected chi connectivity index (χ0v) is 17.3. The molecule has 2 aromatic carbocycles. The van der Waals surface area contributed by atoms with E-state index in [-0.39, 0.29) is 29.4 Å². The van der Waals surface area contributed by atoms with Crippen LogP contribution in [0.25, 0.3) is 0 Å². The molecular weight excluding hydrogens is 432 g/mol. The van der Waals surface area contributed by atoms with Crippen molar-refractivity contribution in [1.29, 1.82) is 0 Å². The number of carbonyl (C=O) groups excluding carboxylic acids is 2. The number of benzene rings is 2. The van der Waals surface area contributed by atoms with Gasteiger partial charge in [-0.3, -0.25) is 14.4 Å². The molecule has 0 radical (unpaired) electrons. The molecule has 3 heterocycles. The zero-order valence-electron chi connectivity index (χ0n) is 17.3. The van der Waals surface area contributed by atoms with Crippen LogP contribution in [0.3, 0.4) is 0 Å². The predicted octanol–water partition coefficient (Wildman–Crippen LogP) is 2.91. The first kappa shape index (κ1) is 20.9. The average molecular weight is 451 g/mol. The smallest absolute Gasteiger partial charge is 0.279 e. The summed E-state index contributed by atoms with van der Waals surface area (Å²) in [6.07, 6.45) is 2.60. The predicted molar refractivity (Wildman–Crippen MR) is 115 cm³/mol. The highest BCUT2D eigenvalue weighted by molar-refractivity contribution is 6.08. The normalized spacial score (nSPS) is 16.6. The number of aromatic hydroxyl groups is 1. The average Bonchev–Trinajstić information content (AvgIpc) is 2.97. The van der Waals surface area contributed by atoms with E-state index in [1.54, 1.807) is 4.90 Å². The van der Waals surface area contributed by atoms with Gasteiger partial charge in [0, 0.05) is 36.6 Å². The molecule has 33 heavy (non-hydrogen) atoms. The molecule has 0 saturated carbocycles. The largest absolute Gasteiger partial charge is 0.503 e. The van der Waals surface area contributed by atoms with E-state index in [0.29, 0.717) is 25.5 Å². The summed E-state index contributed by atoms with van der Waals surface area (Å²) >= 11 is 0. The first-order valence-corrected chi connectivity index (χ1v) is 10.4. The number of nitrogens with zero attached hydrogens (tertiary/aromatic N) is 2. The van der Waals surface area contributed by atoms with Gasteiger partial charge < -0.3 is 19.9 Å². The van der Waals surface area contributed by atoms with Crippen molar-refractivity contribution in [2.75, 3.05) is 11.4 Å². The third-order valence-corrected chi connectivity index (χ3v) is 6.17.